The van der Waals surface area contributed by atoms with Gasteiger partial charge in [-0.25, -0.2) is 4.98 Å². The van der Waals surface area contributed by atoms with E-state index in [-0.39, 0.29) is 0 Å². The van der Waals surface area contributed by atoms with Gasteiger partial charge in [-0.3, -0.25) is 4.79 Å². The number of aromatic nitrogens is 2. The Balaban J connectivity index is 2.86. The highest BCUT2D eigenvalue weighted by molar-refractivity contribution is 5.95. The van der Waals surface area contributed by atoms with Crippen molar-refractivity contribution in [2.45, 2.75) is 6.92 Å². The summed E-state index contributed by atoms with van der Waals surface area (Å²) in [7, 11) is 0. The van der Waals surface area contributed by atoms with Crippen LogP contribution in [0.15, 0.2) is 18.3 Å². The molecule has 60 valence electrons. The van der Waals surface area contributed by atoms with Crippen LogP contribution in [0.25, 0.3) is 11.0 Å². The number of nitrogens with one attached hydrogen (secondary N) is 1. The van der Waals surface area contributed by atoms with E-state index in [1.807, 2.05) is 13.0 Å². The maximum Gasteiger partial charge on any atom is 0.150 e. The number of carbonyl (C=O) groups is 1. The molecule has 0 saturated carbocycles. The van der Waals surface area contributed by atoms with E-state index >= 15 is 0 Å². The van der Waals surface area contributed by atoms with Crippen molar-refractivity contribution in [3.8, 4) is 0 Å². The molecule has 0 saturated heterocycles. The highest BCUT2D eigenvalue weighted by Gasteiger charge is 2.02. The van der Waals surface area contributed by atoms with Crippen molar-refractivity contribution < 1.29 is 4.79 Å². The molecule has 0 fully saturated rings. The summed E-state index contributed by atoms with van der Waals surface area (Å²) in [5.41, 5.74) is 2.48. The van der Waals surface area contributed by atoms with Crippen LogP contribution in [0.3, 0.4) is 0 Å². The first-order valence-electron chi connectivity index (χ1n) is 3.71. The monoisotopic (exact) mass is 160 g/mol. The van der Waals surface area contributed by atoms with Gasteiger partial charge in [0.05, 0.1) is 0 Å². The number of H-pyrrole nitrogens is 1. The van der Waals surface area contributed by atoms with E-state index in [0.717, 1.165) is 23.0 Å². The molecular formula is C9H8N2O. The van der Waals surface area contributed by atoms with Crippen LogP contribution >= 0.6 is 0 Å². The molecule has 0 unspecified atom stereocenters. The second kappa shape index (κ2) is 2.44. The van der Waals surface area contributed by atoms with E-state index in [9.17, 15) is 4.79 Å². The third-order valence-corrected chi connectivity index (χ3v) is 1.83. The van der Waals surface area contributed by atoms with Crippen LogP contribution in [0, 0.1) is 6.92 Å². The molecule has 0 aliphatic heterocycles. The van der Waals surface area contributed by atoms with Crippen molar-refractivity contribution in [2.75, 3.05) is 0 Å². The largest absolute Gasteiger partial charge is 0.344 e. The van der Waals surface area contributed by atoms with Crippen LogP contribution in [0.4, 0.5) is 0 Å². The van der Waals surface area contributed by atoms with E-state index in [1.165, 1.54) is 0 Å². The Morgan fingerprint density at radius 2 is 2.42 bits per heavy atom. The number of fused-ring (bicyclic) bond motifs is 1. The van der Waals surface area contributed by atoms with E-state index < -0.39 is 0 Å². The maximum atomic E-state index is 10.6. The fourth-order valence-corrected chi connectivity index (χ4v) is 1.28. The lowest BCUT2D eigenvalue weighted by Gasteiger charge is -1.90. The summed E-state index contributed by atoms with van der Waals surface area (Å²) in [6, 6.07) is 3.63. The van der Waals surface area contributed by atoms with Crippen molar-refractivity contribution in [3.63, 3.8) is 0 Å². The summed E-state index contributed by atoms with van der Waals surface area (Å²) in [4.78, 5) is 17.7. The number of nitrogens with zero attached hydrogens (tertiary/aromatic N) is 1. The van der Waals surface area contributed by atoms with Crippen LogP contribution in [0.5, 0.6) is 0 Å². The Hall–Kier alpha value is -1.64. The van der Waals surface area contributed by atoms with Gasteiger partial charge in [0.25, 0.3) is 0 Å². The minimum absolute atomic E-state index is 0.685. The van der Waals surface area contributed by atoms with Crippen molar-refractivity contribution >= 4 is 17.3 Å². The predicted octanol–water partition coefficient (Wildman–Crippen LogP) is 1.68. The van der Waals surface area contributed by atoms with Gasteiger partial charge in [0.1, 0.15) is 5.65 Å². The molecule has 2 rings (SSSR count). The molecule has 2 heterocycles. The molecule has 3 nitrogen and oxygen atoms in total. The fraction of sp³-hybridized carbons (Fsp3) is 0.111. The zero-order valence-corrected chi connectivity index (χ0v) is 6.66. The fourth-order valence-electron chi connectivity index (χ4n) is 1.28. The normalized spacial score (nSPS) is 10.4. The van der Waals surface area contributed by atoms with Gasteiger partial charge in [0.15, 0.2) is 6.29 Å². The summed E-state index contributed by atoms with van der Waals surface area (Å²) < 4.78 is 0. The van der Waals surface area contributed by atoms with Crippen molar-refractivity contribution in [1.29, 1.82) is 0 Å². The smallest absolute Gasteiger partial charge is 0.150 e. The number of pyridine rings is 1. The molecular weight excluding hydrogens is 152 g/mol. The third-order valence-electron chi connectivity index (χ3n) is 1.83. The lowest BCUT2D eigenvalue weighted by atomic mass is 10.2. The minimum atomic E-state index is 0.685. The molecule has 12 heavy (non-hydrogen) atoms. The van der Waals surface area contributed by atoms with E-state index in [0.29, 0.717) is 5.56 Å². The number of carbonyl (C=O) groups excluding carboxylic acids is 1. The first kappa shape index (κ1) is 7.03. The number of aryl methyl sites for hydroxylation is 1. The van der Waals surface area contributed by atoms with Gasteiger partial charge in [-0.05, 0) is 19.1 Å². The van der Waals surface area contributed by atoms with Crippen LogP contribution in [0.2, 0.25) is 0 Å². The van der Waals surface area contributed by atoms with Crippen molar-refractivity contribution in [3.05, 3.63) is 29.6 Å². The minimum Gasteiger partial charge on any atom is -0.344 e. The highest BCUT2D eigenvalue weighted by atomic mass is 16.1. The van der Waals surface area contributed by atoms with Gasteiger partial charge in [0.2, 0.25) is 0 Å². The number of rotatable bonds is 1. The Bertz CT molecular complexity index is 431. The SMILES string of the molecule is Cc1cc2c(C=O)ccnc2[nH]1. The summed E-state index contributed by atoms with van der Waals surface area (Å²) in [6.07, 6.45) is 2.47. The van der Waals surface area contributed by atoms with Crippen molar-refractivity contribution in [1.82, 2.24) is 9.97 Å². The van der Waals surface area contributed by atoms with E-state index in [4.69, 9.17) is 0 Å². The molecule has 0 aromatic carbocycles. The zero-order valence-electron chi connectivity index (χ0n) is 6.66. The topological polar surface area (TPSA) is 45.8 Å². The highest BCUT2D eigenvalue weighted by Crippen LogP contribution is 2.15. The zero-order chi connectivity index (χ0) is 8.55. The molecule has 3 heteroatoms. The third kappa shape index (κ3) is 0.906. The van der Waals surface area contributed by atoms with E-state index in [1.54, 1.807) is 12.3 Å². The Labute approximate surface area is 69.4 Å². The van der Waals surface area contributed by atoms with Crippen molar-refractivity contribution in [2.24, 2.45) is 0 Å². The number of aldehydes is 1. The summed E-state index contributed by atoms with van der Waals surface area (Å²) in [5.74, 6) is 0. The first-order chi connectivity index (χ1) is 5.81. The molecule has 0 aliphatic carbocycles. The van der Waals surface area contributed by atoms with Gasteiger partial charge in [0, 0.05) is 22.8 Å². The lowest BCUT2D eigenvalue weighted by molar-refractivity contribution is 0.112. The van der Waals surface area contributed by atoms with Crippen LogP contribution < -0.4 is 0 Å². The molecule has 0 radical (unpaired) electrons. The van der Waals surface area contributed by atoms with Crippen LogP contribution in [-0.2, 0) is 0 Å². The average molecular weight is 160 g/mol. The second-order valence-corrected chi connectivity index (χ2v) is 2.73. The molecule has 2 aromatic rings. The van der Waals surface area contributed by atoms with Crippen LogP contribution in [0.1, 0.15) is 16.1 Å². The van der Waals surface area contributed by atoms with E-state index in [2.05, 4.69) is 9.97 Å². The molecule has 2 aromatic heterocycles. The molecule has 1 N–H and O–H groups in total. The Kier molecular flexibility index (Phi) is 1.43. The standard InChI is InChI=1S/C9H8N2O/c1-6-4-8-7(5-12)2-3-10-9(8)11-6/h2-5H,1H3,(H,10,11). The Morgan fingerprint density at radius 3 is 3.17 bits per heavy atom. The molecule has 0 bridgehead atoms. The second-order valence-electron chi connectivity index (χ2n) is 2.73. The van der Waals surface area contributed by atoms with Gasteiger partial charge in [-0.2, -0.15) is 0 Å². The molecule has 0 spiro atoms. The van der Waals surface area contributed by atoms with Gasteiger partial charge < -0.3 is 4.98 Å². The number of aromatic amines is 1. The average Bonchev–Trinajstić information content (AvgIpc) is 2.44. The van der Waals surface area contributed by atoms with Gasteiger partial charge >= 0.3 is 0 Å². The quantitative estimate of drug-likeness (QED) is 0.645. The lowest BCUT2D eigenvalue weighted by Crippen LogP contribution is -1.82. The number of hydrogen-bond acceptors (Lipinski definition) is 2. The molecule has 0 amide bonds. The Morgan fingerprint density at radius 1 is 1.58 bits per heavy atom. The van der Waals surface area contributed by atoms with Crippen LogP contribution in [-0.4, -0.2) is 16.3 Å². The van der Waals surface area contributed by atoms with Gasteiger partial charge in [-0.1, -0.05) is 0 Å². The predicted molar refractivity (Wildman–Crippen MR) is 46.2 cm³/mol. The first-order valence-corrected chi connectivity index (χ1v) is 3.71. The molecule has 0 aliphatic rings. The summed E-state index contributed by atoms with van der Waals surface area (Å²) >= 11 is 0. The summed E-state index contributed by atoms with van der Waals surface area (Å²) in [5, 5.41) is 0.894. The number of hydrogen-bond donors (Lipinski definition) is 1. The van der Waals surface area contributed by atoms with Gasteiger partial charge in [-0.15, -0.1) is 0 Å². The maximum absolute atomic E-state index is 10.6. The summed E-state index contributed by atoms with van der Waals surface area (Å²) in [6.45, 7) is 1.94. The molecule has 0 atom stereocenters.